The number of hydrogen-bond acceptors (Lipinski definition) is 2. The average Bonchev–Trinajstić information content (AvgIpc) is 2.28. The molecular formula is C15H31NO. The van der Waals surface area contributed by atoms with Crippen LogP contribution in [-0.4, -0.2) is 26.3 Å². The fourth-order valence-corrected chi connectivity index (χ4v) is 2.84. The van der Waals surface area contributed by atoms with Crippen LogP contribution < -0.4 is 5.32 Å². The lowest BCUT2D eigenvalue weighted by Gasteiger charge is -2.37. The van der Waals surface area contributed by atoms with Gasteiger partial charge in [-0.15, -0.1) is 0 Å². The molecule has 1 saturated carbocycles. The van der Waals surface area contributed by atoms with Gasteiger partial charge < -0.3 is 10.1 Å². The Morgan fingerprint density at radius 2 is 1.71 bits per heavy atom. The minimum Gasteiger partial charge on any atom is -0.385 e. The van der Waals surface area contributed by atoms with E-state index < -0.39 is 0 Å². The first-order chi connectivity index (χ1) is 8.04. The van der Waals surface area contributed by atoms with Gasteiger partial charge in [-0.25, -0.2) is 0 Å². The Hall–Kier alpha value is -0.0800. The van der Waals surface area contributed by atoms with Crippen molar-refractivity contribution in [2.45, 2.75) is 65.3 Å². The predicted octanol–water partition coefficient (Wildman–Crippen LogP) is 3.61. The molecular weight excluding hydrogens is 210 g/mol. The second kappa shape index (κ2) is 7.38. The van der Waals surface area contributed by atoms with Gasteiger partial charge in [-0.05, 0) is 56.4 Å². The zero-order chi connectivity index (χ0) is 12.7. The van der Waals surface area contributed by atoms with E-state index in [-0.39, 0.29) is 0 Å². The van der Waals surface area contributed by atoms with Gasteiger partial charge >= 0.3 is 0 Å². The van der Waals surface area contributed by atoms with Crippen LogP contribution in [0, 0.1) is 11.3 Å². The predicted molar refractivity (Wildman–Crippen MR) is 74.3 cm³/mol. The van der Waals surface area contributed by atoms with Crippen molar-refractivity contribution in [3.63, 3.8) is 0 Å². The van der Waals surface area contributed by atoms with Crippen LogP contribution in [-0.2, 0) is 4.74 Å². The molecule has 1 aliphatic carbocycles. The Labute approximate surface area is 108 Å². The van der Waals surface area contributed by atoms with Crippen LogP contribution in [0.5, 0.6) is 0 Å². The molecule has 1 aliphatic rings. The van der Waals surface area contributed by atoms with Crippen molar-refractivity contribution in [3.8, 4) is 0 Å². The van der Waals surface area contributed by atoms with Gasteiger partial charge in [0.15, 0.2) is 0 Å². The fourth-order valence-electron chi connectivity index (χ4n) is 2.84. The Kier molecular flexibility index (Phi) is 6.50. The average molecular weight is 241 g/mol. The van der Waals surface area contributed by atoms with Gasteiger partial charge in [0.05, 0.1) is 0 Å². The van der Waals surface area contributed by atoms with Crippen molar-refractivity contribution >= 4 is 0 Å². The molecule has 17 heavy (non-hydrogen) atoms. The summed E-state index contributed by atoms with van der Waals surface area (Å²) in [6.45, 7) is 9.22. The van der Waals surface area contributed by atoms with Crippen molar-refractivity contribution in [1.82, 2.24) is 5.32 Å². The molecule has 0 saturated heterocycles. The van der Waals surface area contributed by atoms with Gasteiger partial charge in [-0.2, -0.15) is 0 Å². The van der Waals surface area contributed by atoms with E-state index in [0.717, 1.165) is 25.1 Å². The van der Waals surface area contributed by atoms with Crippen LogP contribution in [0.1, 0.15) is 59.3 Å². The maximum Gasteiger partial charge on any atom is 0.0462 e. The maximum absolute atomic E-state index is 5.06. The molecule has 0 spiro atoms. The molecule has 1 rings (SSSR count). The SMILES string of the molecule is COCCCCNC1CCC(C(C)(C)C)CC1. The quantitative estimate of drug-likeness (QED) is 0.717. The van der Waals surface area contributed by atoms with E-state index in [0.29, 0.717) is 5.41 Å². The number of nitrogens with one attached hydrogen (secondary N) is 1. The van der Waals surface area contributed by atoms with Gasteiger partial charge in [0.25, 0.3) is 0 Å². The Bertz CT molecular complexity index is 190. The van der Waals surface area contributed by atoms with Crippen LogP contribution in [0.3, 0.4) is 0 Å². The second-order valence-corrected chi connectivity index (χ2v) is 6.57. The minimum absolute atomic E-state index is 0.503. The molecule has 2 heteroatoms. The lowest BCUT2D eigenvalue weighted by atomic mass is 9.71. The molecule has 102 valence electrons. The molecule has 0 bridgehead atoms. The molecule has 0 aromatic carbocycles. The van der Waals surface area contributed by atoms with Crippen molar-refractivity contribution in [2.75, 3.05) is 20.3 Å². The van der Waals surface area contributed by atoms with E-state index in [9.17, 15) is 0 Å². The Morgan fingerprint density at radius 3 is 2.24 bits per heavy atom. The molecule has 1 N–H and O–H groups in total. The smallest absolute Gasteiger partial charge is 0.0462 e. The summed E-state index contributed by atoms with van der Waals surface area (Å²) in [5.41, 5.74) is 0.503. The van der Waals surface area contributed by atoms with Crippen LogP contribution in [0.15, 0.2) is 0 Å². The highest BCUT2D eigenvalue weighted by molar-refractivity contribution is 4.83. The fraction of sp³-hybridized carbons (Fsp3) is 1.00. The third kappa shape index (κ3) is 5.87. The van der Waals surface area contributed by atoms with Crippen LogP contribution >= 0.6 is 0 Å². The summed E-state index contributed by atoms with van der Waals surface area (Å²) in [5.74, 6) is 0.925. The molecule has 0 aromatic heterocycles. The molecule has 0 amide bonds. The van der Waals surface area contributed by atoms with E-state index >= 15 is 0 Å². The normalized spacial score (nSPS) is 26.1. The molecule has 0 atom stereocenters. The molecule has 0 aromatic rings. The third-order valence-corrected chi connectivity index (χ3v) is 4.16. The van der Waals surface area contributed by atoms with Crippen molar-refractivity contribution in [1.29, 1.82) is 0 Å². The first kappa shape index (κ1) is 15.0. The number of methoxy groups -OCH3 is 1. The molecule has 2 nitrogen and oxygen atoms in total. The van der Waals surface area contributed by atoms with Gasteiger partial charge in [-0.1, -0.05) is 20.8 Å². The van der Waals surface area contributed by atoms with E-state index in [1.54, 1.807) is 7.11 Å². The summed E-state index contributed by atoms with van der Waals surface area (Å²) in [4.78, 5) is 0. The molecule has 0 aliphatic heterocycles. The lowest BCUT2D eigenvalue weighted by Crippen LogP contribution is -2.36. The largest absolute Gasteiger partial charge is 0.385 e. The van der Waals surface area contributed by atoms with Crippen molar-refractivity contribution in [2.24, 2.45) is 11.3 Å². The molecule has 0 unspecified atom stereocenters. The van der Waals surface area contributed by atoms with E-state index in [4.69, 9.17) is 4.74 Å². The number of unbranched alkanes of at least 4 members (excludes halogenated alkanes) is 1. The van der Waals surface area contributed by atoms with E-state index in [2.05, 4.69) is 26.1 Å². The first-order valence-electron chi connectivity index (χ1n) is 7.26. The summed E-state index contributed by atoms with van der Waals surface area (Å²) >= 11 is 0. The van der Waals surface area contributed by atoms with Crippen molar-refractivity contribution < 1.29 is 4.74 Å². The Morgan fingerprint density at radius 1 is 1.06 bits per heavy atom. The molecule has 1 fully saturated rings. The van der Waals surface area contributed by atoms with E-state index in [1.807, 2.05) is 0 Å². The lowest BCUT2D eigenvalue weighted by molar-refractivity contribution is 0.159. The van der Waals surface area contributed by atoms with Gasteiger partial charge in [-0.3, -0.25) is 0 Å². The topological polar surface area (TPSA) is 21.3 Å². The van der Waals surface area contributed by atoms with E-state index in [1.165, 1.54) is 38.5 Å². The van der Waals surface area contributed by atoms with Crippen LogP contribution in [0.4, 0.5) is 0 Å². The number of ether oxygens (including phenoxy) is 1. The highest BCUT2D eigenvalue weighted by atomic mass is 16.5. The highest BCUT2D eigenvalue weighted by Crippen LogP contribution is 2.37. The zero-order valence-corrected chi connectivity index (χ0v) is 12.2. The standard InChI is InChI=1S/C15H31NO/c1-15(2,3)13-7-9-14(10-8-13)16-11-5-6-12-17-4/h13-14,16H,5-12H2,1-4H3. The summed E-state index contributed by atoms with van der Waals surface area (Å²) in [6.07, 6.45) is 7.96. The number of rotatable bonds is 6. The first-order valence-corrected chi connectivity index (χ1v) is 7.26. The van der Waals surface area contributed by atoms with Gasteiger partial charge in [0, 0.05) is 19.8 Å². The summed E-state index contributed by atoms with van der Waals surface area (Å²) in [7, 11) is 1.78. The maximum atomic E-state index is 5.06. The summed E-state index contributed by atoms with van der Waals surface area (Å²) < 4.78 is 5.06. The highest BCUT2D eigenvalue weighted by Gasteiger charge is 2.29. The minimum atomic E-state index is 0.503. The van der Waals surface area contributed by atoms with Crippen LogP contribution in [0.2, 0.25) is 0 Å². The molecule has 0 heterocycles. The Balaban J connectivity index is 2.07. The van der Waals surface area contributed by atoms with Gasteiger partial charge in [0.1, 0.15) is 0 Å². The zero-order valence-electron chi connectivity index (χ0n) is 12.2. The van der Waals surface area contributed by atoms with Gasteiger partial charge in [0.2, 0.25) is 0 Å². The summed E-state index contributed by atoms with van der Waals surface area (Å²) in [5, 5.41) is 3.70. The van der Waals surface area contributed by atoms with Crippen LogP contribution in [0.25, 0.3) is 0 Å². The second-order valence-electron chi connectivity index (χ2n) is 6.57. The number of hydrogen-bond donors (Lipinski definition) is 1. The summed E-state index contributed by atoms with van der Waals surface area (Å²) in [6, 6.07) is 0.774. The monoisotopic (exact) mass is 241 g/mol. The van der Waals surface area contributed by atoms with Crippen molar-refractivity contribution in [3.05, 3.63) is 0 Å². The third-order valence-electron chi connectivity index (χ3n) is 4.16. The molecule has 0 radical (unpaired) electrons.